The fourth-order valence-corrected chi connectivity index (χ4v) is 3.36. The lowest BCUT2D eigenvalue weighted by atomic mass is 10.1. The highest BCUT2D eigenvalue weighted by Crippen LogP contribution is 2.43. The largest absolute Gasteiger partial charge is 0.325 e. The third-order valence-electron chi connectivity index (χ3n) is 3.02. The highest BCUT2D eigenvalue weighted by molar-refractivity contribution is 7.99. The third kappa shape index (κ3) is 2.63. The lowest BCUT2D eigenvalue weighted by Gasteiger charge is -2.13. The van der Waals surface area contributed by atoms with Gasteiger partial charge in [-0.25, -0.2) is 4.39 Å². The van der Waals surface area contributed by atoms with Crippen LogP contribution in [0.4, 0.5) is 10.1 Å². The van der Waals surface area contributed by atoms with Crippen molar-refractivity contribution in [3.63, 3.8) is 0 Å². The van der Waals surface area contributed by atoms with Crippen LogP contribution in [-0.4, -0.2) is 5.91 Å². The molecule has 2 aromatic carbocycles. The number of nitrogens with one attached hydrogen (secondary N) is 1. The molecule has 1 heterocycles. The van der Waals surface area contributed by atoms with E-state index in [1.165, 1.54) is 12.1 Å². The summed E-state index contributed by atoms with van der Waals surface area (Å²) in [7, 11) is 0. The molecule has 96 valence electrons. The van der Waals surface area contributed by atoms with E-state index in [-0.39, 0.29) is 17.0 Å². The monoisotopic (exact) mass is 273 g/mol. The molecular formula is C15H12FNOS. The van der Waals surface area contributed by atoms with Crippen molar-refractivity contribution in [3.05, 3.63) is 59.9 Å². The van der Waals surface area contributed by atoms with Gasteiger partial charge in [-0.1, -0.05) is 24.3 Å². The number of carbonyl (C=O) groups is 1. The fourth-order valence-electron chi connectivity index (χ4n) is 2.13. The van der Waals surface area contributed by atoms with E-state index >= 15 is 0 Å². The molecular weight excluding hydrogens is 261 g/mol. The number of halogens is 1. The summed E-state index contributed by atoms with van der Waals surface area (Å²) in [6, 6.07) is 14.1. The quantitative estimate of drug-likeness (QED) is 0.850. The average molecular weight is 273 g/mol. The Kier molecular flexibility index (Phi) is 3.25. The van der Waals surface area contributed by atoms with Gasteiger partial charge in [-0.3, -0.25) is 4.79 Å². The van der Waals surface area contributed by atoms with Crippen LogP contribution in [-0.2, 0) is 4.79 Å². The van der Waals surface area contributed by atoms with Crippen molar-refractivity contribution in [1.29, 1.82) is 0 Å². The first-order valence-electron chi connectivity index (χ1n) is 6.03. The highest BCUT2D eigenvalue weighted by Gasteiger charge is 2.23. The van der Waals surface area contributed by atoms with Gasteiger partial charge in [0.05, 0.1) is 5.69 Å². The minimum atomic E-state index is -0.268. The van der Waals surface area contributed by atoms with Gasteiger partial charge in [0.1, 0.15) is 5.82 Å². The molecule has 1 atom stereocenters. The normalized spacial score (nSPS) is 18.4. The smallest absolute Gasteiger partial charge is 0.225 e. The zero-order valence-electron chi connectivity index (χ0n) is 10.1. The van der Waals surface area contributed by atoms with Crippen LogP contribution < -0.4 is 5.32 Å². The third-order valence-corrected chi connectivity index (χ3v) is 4.35. The van der Waals surface area contributed by atoms with E-state index in [4.69, 9.17) is 0 Å². The Morgan fingerprint density at radius 3 is 2.84 bits per heavy atom. The van der Waals surface area contributed by atoms with Gasteiger partial charge in [-0.15, -0.1) is 11.8 Å². The zero-order chi connectivity index (χ0) is 13.2. The maximum absolute atomic E-state index is 13.3. The Bertz CT molecular complexity index is 629. The second-order valence-electron chi connectivity index (χ2n) is 4.41. The lowest BCUT2D eigenvalue weighted by molar-refractivity contribution is -0.116. The number of thioether (sulfide) groups is 1. The summed E-state index contributed by atoms with van der Waals surface area (Å²) in [4.78, 5) is 12.9. The molecule has 1 amide bonds. The van der Waals surface area contributed by atoms with Gasteiger partial charge >= 0.3 is 0 Å². The number of hydrogen-bond donors (Lipinski definition) is 1. The molecule has 0 saturated carbocycles. The van der Waals surface area contributed by atoms with Gasteiger partial charge < -0.3 is 5.32 Å². The predicted molar refractivity (Wildman–Crippen MR) is 74.7 cm³/mol. The molecule has 19 heavy (non-hydrogen) atoms. The van der Waals surface area contributed by atoms with Gasteiger partial charge in [0, 0.05) is 16.6 Å². The number of para-hydroxylation sites is 1. The van der Waals surface area contributed by atoms with E-state index in [2.05, 4.69) is 5.32 Å². The molecule has 0 fully saturated rings. The van der Waals surface area contributed by atoms with Crippen LogP contribution in [0.25, 0.3) is 0 Å². The molecule has 0 aliphatic carbocycles. The van der Waals surface area contributed by atoms with Crippen LogP contribution in [0.3, 0.4) is 0 Å². The minimum absolute atomic E-state index is 0.0355. The number of benzene rings is 2. The second kappa shape index (κ2) is 5.05. The molecule has 3 rings (SSSR count). The van der Waals surface area contributed by atoms with E-state index < -0.39 is 0 Å². The molecule has 2 aromatic rings. The summed E-state index contributed by atoms with van der Waals surface area (Å²) in [6.45, 7) is 0. The summed E-state index contributed by atoms with van der Waals surface area (Å²) >= 11 is 1.59. The van der Waals surface area contributed by atoms with E-state index in [0.29, 0.717) is 6.42 Å². The van der Waals surface area contributed by atoms with Crippen LogP contribution in [0.15, 0.2) is 53.4 Å². The van der Waals surface area contributed by atoms with Gasteiger partial charge in [0.2, 0.25) is 5.91 Å². The van der Waals surface area contributed by atoms with Crippen molar-refractivity contribution >= 4 is 23.4 Å². The molecule has 1 aliphatic heterocycles. The first kappa shape index (κ1) is 12.2. The molecule has 0 radical (unpaired) electrons. The van der Waals surface area contributed by atoms with Gasteiger partial charge in [0.15, 0.2) is 0 Å². The topological polar surface area (TPSA) is 29.1 Å². The van der Waals surface area contributed by atoms with Crippen molar-refractivity contribution in [2.24, 2.45) is 0 Å². The standard InChI is InChI=1S/C15H12FNOS/c16-11-5-3-4-10(8-11)14-9-15(18)17-12-6-1-2-7-13(12)19-14/h1-8,14H,9H2,(H,17,18). The van der Waals surface area contributed by atoms with Crippen molar-refractivity contribution in [3.8, 4) is 0 Å². The molecule has 1 N–H and O–H groups in total. The maximum atomic E-state index is 13.3. The maximum Gasteiger partial charge on any atom is 0.225 e. The number of anilines is 1. The Morgan fingerprint density at radius 1 is 1.16 bits per heavy atom. The number of rotatable bonds is 1. The Balaban J connectivity index is 1.98. The van der Waals surface area contributed by atoms with Crippen molar-refractivity contribution in [1.82, 2.24) is 0 Å². The van der Waals surface area contributed by atoms with E-state index in [1.807, 2.05) is 30.3 Å². The van der Waals surface area contributed by atoms with Crippen molar-refractivity contribution in [2.75, 3.05) is 5.32 Å². The average Bonchev–Trinajstić information content (AvgIpc) is 2.56. The molecule has 0 saturated heterocycles. The number of fused-ring (bicyclic) bond motifs is 1. The van der Waals surface area contributed by atoms with E-state index in [9.17, 15) is 9.18 Å². The molecule has 0 aromatic heterocycles. The van der Waals surface area contributed by atoms with Crippen molar-refractivity contribution < 1.29 is 9.18 Å². The SMILES string of the molecule is O=C1CC(c2cccc(F)c2)Sc2ccccc2N1. The Hall–Kier alpha value is -1.81. The summed E-state index contributed by atoms with van der Waals surface area (Å²) < 4.78 is 13.3. The van der Waals surface area contributed by atoms with Crippen LogP contribution in [0, 0.1) is 5.82 Å². The van der Waals surface area contributed by atoms with Crippen LogP contribution in [0.5, 0.6) is 0 Å². The molecule has 1 unspecified atom stereocenters. The molecule has 2 nitrogen and oxygen atoms in total. The van der Waals surface area contributed by atoms with Gasteiger partial charge in [0.25, 0.3) is 0 Å². The first-order valence-corrected chi connectivity index (χ1v) is 6.91. The van der Waals surface area contributed by atoms with Gasteiger partial charge in [-0.2, -0.15) is 0 Å². The molecule has 0 spiro atoms. The molecule has 1 aliphatic rings. The Labute approximate surface area is 115 Å². The Morgan fingerprint density at radius 2 is 2.00 bits per heavy atom. The number of carbonyl (C=O) groups excluding carboxylic acids is 1. The lowest BCUT2D eigenvalue weighted by Crippen LogP contribution is -2.11. The number of amides is 1. The van der Waals surface area contributed by atoms with Crippen LogP contribution in [0.2, 0.25) is 0 Å². The fraction of sp³-hybridized carbons (Fsp3) is 0.133. The summed E-state index contributed by atoms with van der Waals surface area (Å²) in [5.74, 6) is -0.303. The summed E-state index contributed by atoms with van der Waals surface area (Å²) in [5, 5.41) is 2.83. The number of hydrogen-bond acceptors (Lipinski definition) is 2. The highest BCUT2D eigenvalue weighted by atomic mass is 32.2. The predicted octanol–water partition coefficient (Wildman–Crippen LogP) is 4.00. The second-order valence-corrected chi connectivity index (χ2v) is 5.65. The van der Waals surface area contributed by atoms with Crippen molar-refractivity contribution in [2.45, 2.75) is 16.6 Å². The van der Waals surface area contributed by atoms with Crippen LogP contribution in [0.1, 0.15) is 17.2 Å². The zero-order valence-corrected chi connectivity index (χ0v) is 10.9. The minimum Gasteiger partial charge on any atom is -0.325 e. The van der Waals surface area contributed by atoms with Gasteiger partial charge in [-0.05, 0) is 29.8 Å². The summed E-state index contributed by atoms with van der Waals surface area (Å²) in [5.41, 5.74) is 1.67. The summed E-state index contributed by atoms with van der Waals surface area (Å²) in [6.07, 6.45) is 0.350. The van der Waals surface area contributed by atoms with E-state index in [0.717, 1.165) is 16.1 Å². The van der Waals surface area contributed by atoms with E-state index in [1.54, 1.807) is 17.8 Å². The molecule has 0 bridgehead atoms. The first-order chi connectivity index (χ1) is 9.22. The van der Waals surface area contributed by atoms with Crippen LogP contribution >= 0.6 is 11.8 Å². The molecule has 4 heteroatoms.